The number of carbonyl (C=O) groups is 2. The van der Waals surface area contributed by atoms with Crippen molar-refractivity contribution in [1.82, 2.24) is 0 Å². The van der Waals surface area contributed by atoms with Gasteiger partial charge >= 0.3 is 19.8 Å². The van der Waals surface area contributed by atoms with Gasteiger partial charge in [-0.25, -0.2) is 4.57 Å². The van der Waals surface area contributed by atoms with Crippen LogP contribution >= 0.6 is 7.82 Å². The third kappa shape index (κ3) is 31.6. The van der Waals surface area contributed by atoms with Gasteiger partial charge in [-0.05, 0) is 38.5 Å². The molecular formula is C32H61O8P. The van der Waals surface area contributed by atoms with Crippen LogP contribution in [0.25, 0.3) is 0 Å². The van der Waals surface area contributed by atoms with Crippen LogP contribution in [0, 0.1) is 0 Å². The average Bonchev–Trinajstić information content (AvgIpc) is 2.93. The molecule has 2 N–H and O–H groups in total. The maximum absolute atomic E-state index is 12.3. The van der Waals surface area contributed by atoms with E-state index in [0.29, 0.717) is 6.42 Å². The van der Waals surface area contributed by atoms with Gasteiger partial charge in [0.25, 0.3) is 0 Å². The number of hydrogen-bond donors (Lipinski definition) is 2. The van der Waals surface area contributed by atoms with E-state index in [1.165, 1.54) is 77.0 Å². The van der Waals surface area contributed by atoms with E-state index < -0.39 is 32.5 Å². The number of unbranched alkanes of at least 4 members (excludes halogenated alkanes) is 18. The Morgan fingerprint density at radius 1 is 0.610 bits per heavy atom. The summed E-state index contributed by atoms with van der Waals surface area (Å²) in [5.74, 6) is -0.894. The van der Waals surface area contributed by atoms with Gasteiger partial charge in [0.2, 0.25) is 0 Å². The van der Waals surface area contributed by atoms with Crippen molar-refractivity contribution in [2.45, 2.75) is 168 Å². The van der Waals surface area contributed by atoms with Crippen molar-refractivity contribution in [2.75, 3.05) is 13.2 Å². The molecule has 1 atom stereocenters. The van der Waals surface area contributed by atoms with Gasteiger partial charge in [0.05, 0.1) is 6.61 Å². The highest BCUT2D eigenvalue weighted by Gasteiger charge is 2.22. The second-order valence-electron chi connectivity index (χ2n) is 11.1. The molecule has 0 bridgehead atoms. The number of rotatable bonds is 30. The van der Waals surface area contributed by atoms with Crippen molar-refractivity contribution in [2.24, 2.45) is 0 Å². The maximum Gasteiger partial charge on any atom is 0.469 e. The van der Waals surface area contributed by atoms with Crippen molar-refractivity contribution in [3.63, 3.8) is 0 Å². The number of ether oxygens (including phenoxy) is 2. The zero-order valence-corrected chi connectivity index (χ0v) is 27.1. The van der Waals surface area contributed by atoms with Crippen LogP contribution in [0.1, 0.15) is 162 Å². The smallest absolute Gasteiger partial charge is 0.462 e. The molecule has 0 aromatic heterocycles. The number of allylic oxidation sites excluding steroid dienone is 2. The average molecular weight is 605 g/mol. The molecule has 0 aliphatic heterocycles. The van der Waals surface area contributed by atoms with Crippen LogP contribution in [0.2, 0.25) is 0 Å². The lowest BCUT2D eigenvalue weighted by Crippen LogP contribution is -2.29. The first kappa shape index (κ1) is 39.8. The molecule has 0 radical (unpaired) electrons. The SMILES string of the molecule is CCCCCC/C=C\CCCCCCCC(=O)OC(COC(=O)CCCCCCCCCCCC)COP(=O)(O)O. The molecule has 0 aliphatic rings. The Hall–Kier alpha value is -1.21. The Kier molecular flexibility index (Phi) is 28.0. The van der Waals surface area contributed by atoms with Crippen LogP contribution in [0.15, 0.2) is 12.2 Å². The van der Waals surface area contributed by atoms with Crippen LogP contribution in [-0.2, 0) is 28.2 Å². The van der Waals surface area contributed by atoms with Gasteiger partial charge in [-0.15, -0.1) is 0 Å². The van der Waals surface area contributed by atoms with Crippen LogP contribution in [-0.4, -0.2) is 41.0 Å². The zero-order chi connectivity index (χ0) is 30.4. The Bertz CT molecular complexity index is 691. The molecule has 0 amide bonds. The van der Waals surface area contributed by atoms with E-state index in [9.17, 15) is 14.2 Å². The van der Waals surface area contributed by atoms with Crippen molar-refractivity contribution >= 4 is 19.8 Å². The molecule has 41 heavy (non-hydrogen) atoms. The second-order valence-corrected chi connectivity index (χ2v) is 12.4. The largest absolute Gasteiger partial charge is 0.469 e. The quantitative estimate of drug-likeness (QED) is 0.0360. The van der Waals surface area contributed by atoms with Gasteiger partial charge in [-0.3, -0.25) is 14.1 Å². The third-order valence-electron chi connectivity index (χ3n) is 7.03. The summed E-state index contributed by atoms with van der Waals surface area (Å²) in [7, 11) is -4.74. The summed E-state index contributed by atoms with van der Waals surface area (Å²) in [6.07, 6.45) is 27.9. The summed E-state index contributed by atoms with van der Waals surface area (Å²) >= 11 is 0. The molecule has 0 fully saturated rings. The molecule has 0 heterocycles. The van der Waals surface area contributed by atoms with Gasteiger partial charge in [0, 0.05) is 12.8 Å². The first-order chi connectivity index (χ1) is 19.8. The molecule has 1 unspecified atom stereocenters. The van der Waals surface area contributed by atoms with E-state index in [4.69, 9.17) is 19.3 Å². The molecule has 0 rings (SSSR count). The van der Waals surface area contributed by atoms with Gasteiger partial charge in [-0.1, -0.05) is 122 Å². The minimum atomic E-state index is -4.74. The molecule has 9 heteroatoms. The number of phosphoric ester groups is 1. The zero-order valence-electron chi connectivity index (χ0n) is 26.2. The number of carbonyl (C=O) groups excluding carboxylic acids is 2. The van der Waals surface area contributed by atoms with Gasteiger partial charge in [-0.2, -0.15) is 0 Å². The van der Waals surface area contributed by atoms with E-state index in [-0.39, 0.29) is 19.4 Å². The highest BCUT2D eigenvalue weighted by molar-refractivity contribution is 7.46. The van der Waals surface area contributed by atoms with E-state index >= 15 is 0 Å². The molecule has 242 valence electrons. The van der Waals surface area contributed by atoms with Gasteiger partial charge in [0.1, 0.15) is 6.61 Å². The molecule has 0 aliphatic carbocycles. The Morgan fingerprint density at radius 2 is 1.02 bits per heavy atom. The van der Waals surface area contributed by atoms with Gasteiger partial charge in [0.15, 0.2) is 6.10 Å². The second kappa shape index (κ2) is 28.9. The van der Waals surface area contributed by atoms with E-state index in [1.807, 2.05) is 0 Å². The molecular weight excluding hydrogens is 543 g/mol. The number of hydrogen-bond acceptors (Lipinski definition) is 6. The Balaban J connectivity index is 4.03. The maximum atomic E-state index is 12.3. The van der Waals surface area contributed by atoms with Crippen LogP contribution in [0.4, 0.5) is 0 Å². The topological polar surface area (TPSA) is 119 Å². The van der Waals surface area contributed by atoms with Gasteiger partial charge < -0.3 is 19.3 Å². The predicted molar refractivity (Wildman–Crippen MR) is 166 cm³/mol. The lowest BCUT2D eigenvalue weighted by molar-refractivity contribution is -0.161. The summed E-state index contributed by atoms with van der Waals surface area (Å²) < 4.78 is 26.1. The van der Waals surface area contributed by atoms with Crippen LogP contribution in [0.3, 0.4) is 0 Å². The molecule has 0 aromatic rings. The number of esters is 2. The summed E-state index contributed by atoms with van der Waals surface area (Å²) in [4.78, 5) is 42.4. The van der Waals surface area contributed by atoms with Crippen molar-refractivity contribution in [3.8, 4) is 0 Å². The van der Waals surface area contributed by atoms with Crippen molar-refractivity contribution in [3.05, 3.63) is 12.2 Å². The third-order valence-corrected chi connectivity index (χ3v) is 7.52. The normalized spacial score (nSPS) is 12.6. The Morgan fingerprint density at radius 3 is 1.51 bits per heavy atom. The minimum absolute atomic E-state index is 0.205. The fourth-order valence-electron chi connectivity index (χ4n) is 4.54. The lowest BCUT2D eigenvalue weighted by Gasteiger charge is -2.18. The molecule has 0 saturated carbocycles. The summed E-state index contributed by atoms with van der Waals surface area (Å²) in [5.41, 5.74) is 0. The van der Waals surface area contributed by atoms with Crippen molar-refractivity contribution < 1.29 is 37.9 Å². The predicted octanol–water partition coefficient (Wildman–Crippen LogP) is 9.12. The molecule has 0 saturated heterocycles. The van der Waals surface area contributed by atoms with E-state index in [0.717, 1.165) is 51.4 Å². The Labute approximate surface area is 250 Å². The first-order valence-corrected chi connectivity index (χ1v) is 18.0. The molecule has 0 aromatic carbocycles. The first-order valence-electron chi connectivity index (χ1n) is 16.5. The fraction of sp³-hybridized carbons (Fsp3) is 0.875. The highest BCUT2D eigenvalue weighted by Crippen LogP contribution is 2.35. The highest BCUT2D eigenvalue weighted by atomic mass is 31.2. The van der Waals surface area contributed by atoms with E-state index in [1.54, 1.807) is 0 Å². The van der Waals surface area contributed by atoms with Crippen LogP contribution < -0.4 is 0 Å². The molecule has 8 nitrogen and oxygen atoms in total. The lowest BCUT2D eigenvalue weighted by atomic mass is 10.1. The van der Waals surface area contributed by atoms with E-state index in [2.05, 4.69) is 30.5 Å². The fourth-order valence-corrected chi connectivity index (χ4v) is 4.90. The monoisotopic (exact) mass is 604 g/mol. The summed E-state index contributed by atoms with van der Waals surface area (Å²) in [6, 6.07) is 0. The van der Waals surface area contributed by atoms with Crippen LogP contribution in [0.5, 0.6) is 0 Å². The minimum Gasteiger partial charge on any atom is -0.462 e. The number of phosphoric acid groups is 1. The van der Waals surface area contributed by atoms with Crippen molar-refractivity contribution in [1.29, 1.82) is 0 Å². The molecule has 0 spiro atoms. The summed E-state index contributed by atoms with van der Waals surface area (Å²) in [6.45, 7) is 3.62. The summed E-state index contributed by atoms with van der Waals surface area (Å²) in [5, 5.41) is 0. The standard InChI is InChI=1S/C32H61O8P/c1-3-5-7-9-11-13-15-16-17-19-21-23-25-27-32(34)40-30(29-39-41(35,36)37)28-38-31(33)26-24-22-20-18-14-12-10-8-6-4-2/h13,15,30H,3-12,14,16-29H2,1-2H3,(H2,35,36,37)/b15-13-.